The number of alkyl halides is 15. The van der Waals surface area contributed by atoms with Crippen LogP contribution in [0.3, 0.4) is 0 Å². The van der Waals surface area contributed by atoms with Crippen molar-refractivity contribution < 1.29 is 144 Å². The molecule has 0 amide bonds. The van der Waals surface area contributed by atoms with Crippen LogP contribution >= 0.6 is 0 Å². The molecule has 0 aliphatic heterocycles. The van der Waals surface area contributed by atoms with Crippen LogP contribution in [0.2, 0.25) is 0 Å². The van der Waals surface area contributed by atoms with Gasteiger partial charge in [0, 0.05) is 0 Å². The van der Waals surface area contributed by atoms with Gasteiger partial charge < -0.3 is 9.29 Å². The molecule has 0 N–H and O–H groups in total. The first-order valence-corrected chi connectivity index (χ1v) is 9.55. The van der Waals surface area contributed by atoms with Crippen molar-refractivity contribution in [1.29, 1.82) is 0 Å². The van der Waals surface area contributed by atoms with Crippen LogP contribution in [-0.2, 0) is 10.1 Å². The van der Waals surface area contributed by atoms with Crippen LogP contribution in [0, 0.1) is 0 Å². The minimum absolute atomic E-state index is 0. The maximum Gasteiger partial charge on any atom is 1.00 e. The molecule has 4 nitrogen and oxygen atoms in total. The molecule has 23 heteroatoms. The molecule has 0 aliphatic rings. The van der Waals surface area contributed by atoms with Gasteiger partial charge in [-0.3, -0.25) is 0 Å². The zero-order valence-electron chi connectivity index (χ0n) is 17.3. The molecule has 0 radical (unpaired) electrons. The largest absolute Gasteiger partial charge is 1.00 e. The summed E-state index contributed by atoms with van der Waals surface area (Å²) in [5, 5.41) is 0. The van der Waals surface area contributed by atoms with Gasteiger partial charge in [-0.2, -0.15) is 65.9 Å². The van der Waals surface area contributed by atoms with Crippen LogP contribution in [0.4, 0.5) is 74.6 Å². The Bertz CT molecular complexity index is 1140. The monoisotopic (exact) mass is 642 g/mol. The van der Waals surface area contributed by atoms with Crippen LogP contribution < -0.4 is 56.1 Å². The first-order valence-electron chi connectivity index (χ1n) is 8.15. The quantitative estimate of drug-likeness (QED) is 0.235. The summed E-state index contributed by atoms with van der Waals surface area (Å²) in [6, 6.07) is -0.130. The molecule has 0 aliphatic carbocycles. The van der Waals surface area contributed by atoms with Crippen molar-refractivity contribution >= 4 is 10.1 Å². The van der Waals surface area contributed by atoms with Gasteiger partial charge >= 0.3 is 93.3 Å². The van der Waals surface area contributed by atoms with Gasteiger partial charge in [0.1, 0.15) is 15.9 Å². The Kier molecular flexibility index (Phi) is 10.6. The van der Waals surface area contributed by atoms with Gasteiger partial charge in [-0.15, -0.1) is 0 Å². The van der Waals surface area contributed by atoms with Gasteiger partial charge in [-0.1, -0.05) is 0 Å². The van der Waals surface area contributed by atoms with E-state index < -0.39 is 74.3 Å². The number of ether oxygens (including phenoxy) is 1. The van der Waals surface area contributed by atoms with E-state index in [4.69, 9.17) is 0 Å². The Balaban J connectivity index is 0.0000137. The number of allylic oxidation sites excluding steroid dienone is 2. The van der Waals surface area contributed by atoms with E-state index in [9.17, 15) is 87.6 Å². The standard InChI is InChI=1S/C15H5F17O4S.K/c16-7(8(17)10(20,21)12(24,25)14(28,29)30)9(18,19)11(22,23)13(26,27)15(31,32)36-5-1-3-6(4-2-5)37(33,34)35;/h1-4H,(H,33,34,35);/q;+1/p-1/b8-7+;. The first kappa shape index (κ1) is 37.1. The van der Waals surface area contributed by atoms with E-state index in [2.05, 4.69) is 4.74 Å². The van der Waals surface area contributed by atoms with Crippen LogP contribution in [0.5, 0.6) is 5.75 Å². The van der Waals surface area contributed by atoms with Crippen LogP contribution in [0.25, 0.3) is 0 Å². The van der Waals surface area contributed by atoms with Gasteiger partial charge in [0.2, 0.25) is 11.7 Å². The SMILES string of the molecule is O=S(=O)([O-])c1ccc(OC(F)(F)C(F)(F)C(F)(F)C(F)(F)/C(F)=C(\F)C(F)(F)C(F)(F)C(F)(F)F)cc1.[K+]. The molecule has 0 spiro atoms. The summed E-state index contributed by atoms with van der Waals surface area (Å²) in [6.45, 7) is 0. The molecule has 38 heavy (non-hydrogen) atoms. The second kappa shape index (κ2) is 10.8. The Morgan fingerprint density at radius 2 is 0.974 bits per heavy atom. The molecule has 0 saturated carbocycles. The van der Waals surface area contributed by atoms with Gasteiger partial charge in [0.05, 0.1) is 4.90 Å². The van der Waals surface area contributed by atoms with Gasteiger partial charge in [0.15, 0.2) is 0 Å². The van der Waals surface area contributed by atoms with E-state index in [-0.39, 0.29) is 75.7 Å². The van der Waals surface area contributed by atoms with Crippen molar-refractivity contribution in [3.05, 3.63) is 35.9 Å². The number of rotatable bonds is 9. The van der Waals surface area contributed by atoms with E-state index >= 15 is 0 Å². The minimum Gasteiger partial charge on any atom is -0.744 e. The molecular formula is C15H4F17KO4S. The predicted octanol–water partition coefficient (Wildman–Crippen LogP) is 3.46. The summed E-state index contributed by atoms with van der Waals surface area (Å²) in [7, 11) is -5.31. The Labute approximate surface area is 241 Å². The first-order chi connectivity index (χ1) is 16.0. The Morgan fingerprint density at radius 1 is 0.632 bits per heavy atom. The third-order valence-electron chi connectivity index (χ3n) is 4.01. The third-order valence-corrected chi connectivity index (χ3v) is 4.86. The molecule has 214 valence electrons. The molecular weight excluding hydrogens is 638 g/mol. The third kappa shape index (κ3) is 6.21. The maximum absolute atomic E-state index is 13.7. The normalized spacial score (nSPS) is 15.5. The molecule has 1 aromatic carbocycles. The summed E-state index contributed by atoms with van der Waals surface area (Å²) in [5.74, 6) is -52.0. The Morgan fingerprint density at radius 3 is 1.29 bits per heavy atom. The average Bonchev–Trinajstić information content (AvgIpc) is 2.70. The zero-order chi connectivity index (χ0) is 29.8. The van der Waals surface area contributed by atoms with Crippen LogP contribution in [-0.4, -0.2) is 54.9 Å². The topological polar surface area (TPSA) is 66.4 Å². The molecule has 0 heterocycles. The summed E-state index contributed by atoms with van der Waals surface area (Å²) in [4.78, 5) is -1.26. The molecule has 0 saturated heterocycles. The van der Waals surface area contributed by atoms with Gasteiger partial charge in [0.25, 0.3) is 0 Å². The fourth-order valence-corrected chi connectivity index (χ4v) is 2.47. The minimum atomic E-state index is -8.10. The summed E-state index contributed by atoms with van der Waals surface area (Å²) in [6.07, 6.45) is -14.5. The van der Waals surface area contributed by atoms with E-state index in [1.165, 1.54) is 0 Å². The second-order valence-electron chi connectivity index (χ2n) is 6.54. The number of halogens is 17. The van der Waals surface area contributed by atoms with Crippen LogP contribution in [0.1, 0.15) is 0 Å². The van der Waals surface area contributed by atoms with E-state index in [0.29, 0.717) is 0 Å². The molecule has 0 atom stereocenters. The summed E-state index contributed by atoms with van der Waals surface area (Å²) in [5.41, 5.74) is 0. The van der Waals surface area contributed by atoms with Crippen molar-refractivity contribution in [3.8, 4) is 5.75 Å². The molecule has 0 bridgehead atoms. The number of hydrogen-bond donors (Lipinski definition) is 0. The fraction of sp³-hybridized carbons (Fsp3) is 0.467. The van der Waals surface area contributed by atoms with Crippen molar-refractivity contribution in [2.45, 2.75) is 46.8 Å². The smallest absolute Gasteiger partial charge is 0.744 e. The maximum atomic E-state index is 13.7. The van der Waals surface area contributed by atoms with E-state index in [0.717, 1.165) is 0 Å². The molecule has 1 aromatic rings. The predicted molar refractivity (Wildman–Crippen MR) is 80.0 cm³/mol. The second-order valence-corrected chi connectivity index (χ2v) is 7.92. The zero-order valence-corrected chi connectivity index (χ0v) is 21.2. The fourth-order valence-electron chi connectivity index (χ4n) is 2.00. The molecule has 0 unspecified atom stereocenters. The van der Waals surface area contributed by atoms with Gasteiger partial charge in [-0.05, 0) is 24.3 Å². The Hall–Kier alpha value is -0.884. The van der Waals surface area contributed by atoms with Crippen molar-refractivity contribution in [3.63, 3.8) is 0 Å². The van der Waals surface area contributed by atoms with Crippen LogP contribution in [0.15, 0.2) is 40.8 Å². The van der Waals surface area contributed by atoms with Crippen molar-refractivity contribution in [2.75, 3.05) is 0 Å². The van der Waals surface area contributed by atoms with E-state index in [1.54, 1.807) is 0 Å². The van der Waals surface area contributed by atoms with E-state index in [1.807, 2.05) is 0 Å². The average molecular weight is 642 g/mol. The summed E-state index contributed by atoms with van der Waals surface area (Å²) >= 11 is 0. The molecule has 0 fully saturated rings. The molecule has 1 rings (SSSR count). The van der Waals surface area contributed by atoms with Crippen molar-refractivity contribution in [2.24, 2.45) is 0 Å². The number of hydrogen-bond acceptors (Lipinski definition) is 4. The van der Waals surface area contributed by atoms with Crippen molar-refractivity contribution in [1.82, 2.24) is 0 Å². The number of benzene rings is 1. The summed E-state index contributed by atoms with van der Waals surface area (Å²) < 4.78 is 258. The van der Waals surface area contributed by atoms with Gasteiger partial charge in [-0.25, -0.2) is 17.2 Å². The molecule has 0 aromatic heterocycles.